The second-order valence-electron chi connectivity index (χ2n) is 4.41. The van der Waals surface area contributed by atoms with Gasteiger partial charge in [-0.25, -0.2) is 0 Å². The van der Waals surface area contributed by atoms with Crippen LogP contribution in [0.5, 0.6) is 5.88 Å². The van der Waals surface area contributed by atoms with Crippen LogP contribution < -0.4 is 5.56 Å². The Bertz CT molecular complexity index is 665. The van der Waals surface area contributed by atoms with E-state index in [1.165, 1.54) is 4.57 Å². The van der Waals surface area contributed by atoms with E-state index in [4.69, 9.17) is 12.2 Å². The van der Waals surface area contributed by atoms with Crippen LogP contribution in [0.15, 0.2) is 35.2 Å². The maximum atomic E-state index is 11.9. The van der Waals surface area contributed by atoms with Crippen molar-refractivity contribution in [2.45, 2.75) is 25.8 Å². The third kappa shape index (κ3) is 2.93. The molecule has 2 rings (SSSR count). The van der Waals surface area contributed by atoms with Crippen molar-refractivity contribution in [2.75, 3.05) is 0 Å². The predicted molar refractivity (Wildman–Crippen MR) is 78.7 cm³/mol. The molecule has 0 aliphatic heterocycles. The first-order chi connectivity index (χ1) is 9.13. The van der Waals surface area contributed by atoms with Crippen molar-refractivity contribution >= 4 is 18.3 Å². The normalized spacial score (nSPS) is 16.7. The molecule has 1 aliphatic carbocycles. The first-order valence-corrected chi connectivity index (χ1v) is 6.55. The lowest BCUT2D eigenvalue weighted by Crippen LogP contribution is -2.16. The molecule has 4 nitrogen and oxygen atoms in total. The highest BCUT2D eigenvalue weighted by atomic mass is 32.1. The standard InChI is InChI=1S/C14H16N2O2S/c1-2-8-16-13(18)11(12(17)15-14(16)19)9-10-6-4-3-5-7-10/h2-4,9,18H,1,5-8H2,(H,15,17,19). The first kappa shape index (κ1) is 13.5. The van der Waals surface area contributed by atoms with Crippen LogP contribution >= 0.6 is 12.2 Å². The third-order valence-corrected chi connectivity index (χ3v) is 3.37. The summed E-state index contributed by atoms with van der Waals surface area (Å²) in [6.07, 6.45) is 10.3. The minimum Gasteiger partial charge on any atom is -0.494 e. The smallest absolute Gasteiger partial charge is 0.262 e. The quantitative estimate of drug-likeness (QED) is 0.659. The summed E-state index contributed by atoms with van der Waals surface area (Å²) in [7, 11) is 0. The minimum atomic E-state index is -0.357. The Balaban J connectivity index is 2.54. The van der Waals surface area contributed by atoms with E-state index in [2.05, 4.69) is 23.7 Å². The summed E-state index contributed by atoms with van der Waals surface area (Å²) < 4.78 is 1.66. The molecule has 0 spiro atoms. The molecule has 0 amide bonds. The van der Waals surface area contributed by atoms with Crippen LogP contribution in [0, 0.1) is 4.77 Å². The van der Waals surface area contributed by atoms with Gasteiger partial charge in [-0.15, -0.1) is 6.58 Å². The van der Waals surface area contributed by atoms with Crippen molar-refractivity contribution in [1.82, 2.24) is 9.55 Å². The van der Waals surface area contributed by atoms with Gasteiger partial charge in [0.25, 0.3) is 5.56 Å². The number of hydrogen-bond acceptors (Lipinski definition) is 3. The lowest BCUT2D eigenvalue weighted by molar-refractivity contribution is 0.412. The lowest BCUT2D eigenvalue weighted by atomic mass is 9.99. The number of aromatic amines is 1. The second-order valence-corrected chi connectivity index (χ2v) is 4.80. The monoisotopic (exact) mass is 276 g/mol. The van der Waals surface area contributed by atoms with Crippen LogP contribution in [0.2, 0.25) is 0 Å². The molecule has 2 N–H and O–H groups in total. The Labute approximate surface area is 116 Å². The van der Waals surface area contributed by atoms with Gasteiger partial charge in [0.15, 0.2) is 4.77 Å². The van der Waals surface area contributed by atoms with Gasteiger partial charge in [0.2, 0.25) is 5.88 Å². The molecule has 0 bridgehead atoms. The third-order valence-electron chi connectivity index (χ3n) is 3.05. The van der Waals surface area contributed by atoms with Gasteiger partial charge in [-0.3, -0.25) is 14.3 Å². The van der Waals surface area contributed by atoms with Gasteiger partial charge in [-0.1, -0.05) is 23.8 Å². The Morgan fingerprint density at radius 3 is 2.95 bits per heavy atom. The van der Waals surface area contributed by atoms with E-state index in [-0.39, 0.29) is 21.8 Å². The maximum Gasteiger partial charge on any atom is 0.262 e. The number of hydrogen-bond donors (Lipinski definition) is 2. The summed E-state index contributed by atoms with van der Waals surface area (Å²) in [5.74, 6) is -0.101. The molecule has 5 heteroatoms. The summed E-state index contributed by atoms with van der Waals surface area (Å²) in [6, 6.07) is 0. The average Bonchev–Trinajstić information content (AvgIpc) is 2.41. The minimum absolute atomic E-state index is 0.101. The number of rotatable bonds is 3. The van der Waals surface area contributed by atoms with Crippen molar-refractivity contribution < 1.29 is 5.11 Å². The van der Waals surface area contributed by atoms with Gasteiger partial charge in [0.1, 0.15) is 0 Å². The number of aromatic hydroxyl groups is 1. The molecule has 1 aromatic rings. The van der Waals surface area contributed by atoms with Gasteiger partial charge in [0, 0.05) is 6.54 Å². The van der Waals surface area contributed by atoms with Crippen molar-refractivity contribution in [3.63, 3.8) is 0 Å². The summed E-state index contributed by atoms with van der Waals surface area (Å²) in [4.78, 5) is 14.5. The molecule has 0 fully saturated rings. The zero-order chi connectivity index (χ0) is 13.8. The highest BCUT2D eigenvalue weighted by Crippen LogP contribution is 2.22. The fraction of sp³-hybridized carbons (Fsp3) is 0.286. The Morgan fingerprint density at radius 2 is 2.32 bits per heavy atom. The molecule has 1 heterocycles. The lowest BCUT2D eigenvalue weighted by Gasteiger charge is -2.11. The van der Waals surface area contributed by atoms with E-state index in [0.29, 0.717) is 6.54 Å². The van der Waals surface area contributed by atoms with E-state index in [0.717, 1.165) is 24.8 Å². The number of nitrogens with zero attached hydrogens (tertiary/aromatic N) is 1. The molecule has 1 aliphatic rings. The van der Waals surface area contributed by atoms with Gasteiger partial charge in [-0.2, -0.15) is 0 Å². The van der Waals surface area contributed by atoms with Crippen LogP contribution in [0.1, 0.15) is 24.8 Å². The van der Waals surface area contributed by atoms with E-state index < -0.39 is 0 Å². The van der Waals surface area contributed by atoms with Crippen LogP contribution in [0.4, 0.5) is 0 Å². The number of nitrogens with one attached hydrogen (secondary N) is 1. The summed E-state index contributed by atoms with van der Waals surface area (Å²) in [6.45, 7) is 3.97. The predicted octanol–water partition coefficient (Wildman–Crippen LogP) is 2.92. The van der Waals surface area contributed by atoms with E-state index in [1.54, 1.807) is 12.2 Å². The second kappa shape index (κ2) is 5.84. The summed E-state index contributed by atoms with van der Waals surface area (Å²) >= 11 is 5.02. The van der Waals surface area contributed by atoms with Crippen molar-refractivity contribution in [3.05, 3.63) is 51.1 Å². The summed E-state index contributed by atoms with van der Waals surface area (Å²) in [5.41, 5.74) is 1.04. The van der Waals surface area contributed by atoms with Gasteiger partial charge in [-0.05, 0) is 37.6 Å². The first-order valence-electron chi connectivity index (χ1n) is 6.15. The highest BCUT2D eigenvalue weighted by molar-refractivity contribution is 7.71. The molecule has 1 aromatic heterocycles. The van der Waals surface area contributed by atoms with Gasteiger partial charge in [0.05, 0.1) is 5.56 Å². The van der Waals surface area contributed by atoms with Gasteiger partial charge < -0.3 is 5.11 Å². The van der Waals surface area contributed by atoms with Crippen molar-refractivity contribution in [1.29, 1.82) is 0 Å². The van der Waals surface area contributed by atoms with E-state index >= 15 is 0 Å². The highest BCUT2D eigenvalue weighted by Gasteiger charge is 2.11. The molecule has 19 heavy (non-hydrogen) atoms. The number of allylic oxidation sites excluding steroid dienone is 4. The molecule has 100 valence electrons. The molecule has 0 aromatic carbocycles. The Morgan fingerprint density at radius 1 is 1.53 bits per heavy atom. The van der Waals surface area contributed by atoms with Crippen molar-refractivity contribution in [3.8, 4) is 5.88 Å². The molecule has 0 atom stereocenters. The SMILES string of the molecule is C=CCn1c(O)c(C=C2CC=CCC2)c(=O)[nH]c1=S. The van der Waals surface area contributed by atoms with Crippen LogP contribution in [-0.4, -0.2) is 14.7 Å². The van der Waals surface area contributed by atoms with Gasteiger partial charge >= 0.3 is 0 Å². The molecular formula is C14H16N2O2S. The number of aromatic nitrogens is 2. The number of H-pyrrole nitrogens is 1. The Hall–Kier alpha value is -1.88. The molecular weight excluding hydrogens is 260 g/mol. The average molecular weight is 276 g/mol. The largest absolute Gasteiger partial charge is 0.494 e. The zero-order valence-corrected chi connectivity index (χ0v) is 11.4. The van der Waals surface area contributed by atoms with Crippen LogP contribution in [0.25, 0.3) is 6.08 Å². The zero-order valence-electron chi connectivity index (χ0n) is 10.6. The summed E-state index contributed by atoms with van der Waals surface area (Å²) in [5, 5.41) is 10.2. The van der Waals surface area contributed by atoms with Crippen LogP contribution in [-0.2, 0) is 6.54 Å². The molecule has 0 saturated heterocycles. The van der Waals surface area contributed by atoms with E-state index in [9.17, 15) is 9.90 Å². The van der Waals surface area contributed by atoms with Crippen LogP contribution in [0.3, 0.4) is 0 Å². The molecule has 0 unspecified atom stereocenters. The fourth-order valence-corrected chi connectivity index (χ4v) is 2.32. The fourth-order valence-electron chi connectivity index (χ4n) is 2.06. The van der Waals surface area contributed by atoms with Crippen molar-refractivity contribution in [2.24, 2.45) is 0 Å². The maximum absolute atomic E-state index is 11.9. The molecule has 0 saturated carbocycles. The molecule has 0 radical (unpaired) electrons. The van der Waals surface area contributed by atoms with E-state index in [1.807, 2.05) is 0 Å². The Kier molecular flexibility index (Phi) is 4.16. The topological polar surface area (TPSA) is 58.0 Å².